The molecule has 1 N–H and O–H groups in total. The molecule has 0 atom stereocenters. The lowest BCUT2D eigenvalue weighted by molar-refractivity contribution is 0.0949. The van der Waals surface area contributed by atoms with E-state index in [-0.39, 0.29) is 11.7 Å². The molecule has 0 saturated carbocycles. The number of carbonyl (C=O) groups is 1. The van der Waals surface area contributed by atoms with Crippen molar-refractivity contribution in [3.05, 3.63) is 71.2 Å². The summed E-state index contributed by atoms with van der Waals surface area (Å²) < 4.78 is 15.4. The number of hydrogen-bond donors (Lipinski definition) is 1. The molecule has 2 aromatic carbocycles. The number of aryl methyl sites for hydroxylation is 1. The molecule has 0 radical (unpaired) electrons. The van der Waals surface area contributed by atoms with Gasteiger partial charge < -0.3 is 9.88 Å². The van der Waals surface area contributed by atoms with Crippen LogP contribution in [-0.4, -0.2) is 21.2 Å². The lowest BCUT2D eigenvalue weighted by atomic mass is 10.1. The van der Waals surface area contributed by atoms with Gasteiger partial charge in [0.05, 0.1) is 17.9 Å². The van der Waals surface area contributed by atoms with E-state index in [1.165, 1.54) is 12.1 Å². The van der Waals surface area contributed by atoms with Crippen molar-refractivity contribution in [2.45, 2.75) is 25.2 Å². The highest BCUT2D eigenvalue weighted by Gasteiger charge is 2.23. The number of fused-ring (bicyclic) bond motifs is 1. The van der Waals surface area contributed by atoms with Crippen LogP contribution >= 0.6 is 11.8 Å². The number of hydrogen-bond acceptors (Lipinski definition) is 3. The van der Waals surface area contributed by atoms with Gasteiger partial charge in [-0.2, -0.15) is 0 Å². The molecule has 26 heavy (non-hydrogen) atoms. The lowest BCUT2D eigenvalue weighted by Crippen LogP contribution is -2.25. The van der Waals surface area contributed by atoms with Gasteiger partial charge in [-0.3, -0.25) is 4.79 Å². The third-order valence-electron chi connectivity index (χ3n) is 4.51. The molecule has 1 aliphatic rings. The Morgan fingerprint density at radius 2 is 2.00 bits per heavy atom. The summed E-state index contributed by atoms with van der Waals surface area (Å²) in [5, 5.41) is 3.96. The summed E-state index contributed by atoms with van der Waals surface area (Å²) in [6, 6.07) is 13.8. The monoisotopic (exact) mass is 367 g/mol. The van der Waals surface area contributed by atoms with E-state index in [9.17, 15) is 9.18 Å². The zero-order chi connectivity index (χ0) is 18.1. The second kappa shape index (κ2) is 6.96. The molecule has 0 unspecified atom stereocenters. The molecule has 132 valence electrons. The summed E-state index contributed by atoms with van der Waals surface area (Å²) >= 11 is 1.70. The highest BCUT2D eigenvalue weighted by atomic mass is 32.2. The van der Waals surface area contributed by atoms with Gasteiger partial charge in [-0.15, -0.1) is 0 Å². The maximum absolute atomic E-state index is 13.3. The average molecular weight is 367 g/mol. The van der Waals surface area contributed by atoms with E-state index in [0.717, 1.165) is 40.0 Å². The standard InChI is InChI=1S/C20H18FN3OS/c1-13-4-2-3-5-16(13)19(25)22-12-17-18(14-6-8-15(21)9-7-14)23-20-24(17)10-11-26-20/h2-9H,10-12H2,1H3,(H,22,25). The fraction of sp³-hybridized carbons (Fsp3) is 0.200. The Morgan fingerprint density at radius 1 is 1.23 bits per heavy atom. The van der Waals surface area contributed by atoms with Crippen LogP contribution in [0.5, 0.6) is 0 Å². The molecule has 4 nitrogen and oxygen atoms in total. The highest BCUT2D eigenvalue weighted by Crippen LogP contribution is 2.33. The van der Waals surface area contributed by atoms with Gasteiger partial charge in [0.2, 0.25) is 0 Å². The number of thioether (sulfide) groups is 1. The number of nitrogens with one attached hydrogen (secondary N) is 1. The van der Waals surface area contributed by atoms with Crippen molar-refractivity contribution in [3.8, 4) is 11.3 Å². The first kappa shape index (κ1) is 16.8. The molecular weight excluding hydrogens is 349 g/mol. The minimum Gasteiger partial charge on any atom is -0.346 e. The van der Waals surface area contributed by atoms with E-state index in [1.807, 2.05) is 31.2 Å². The third-order valence-corrected chi connectivity index (χ3v) is 5.46. The minimum atomic E-state index is -0.274. The first-order valence-electron chi connectivity index (χ1n) is 8.45. The summed E-state index contributed by atoms with van der Waals surface area (Å²) in [5.74, 6) is 0.601. The molecule has 4 rings (SSSR count). The predicted octanol–water partition coefficient (Wildman–Crippen LogP) is 4.03. The zero-order valence-corrected chi connectivity index (χ0v) is 15.1. The van der Waals surface area contributed by atoms with Crippen molar-refractivity contribution in [1.82, 2.24) is 14.9 Å². The smallest absolute Gasteiger partial charge is 0.251 e. The fourth-order valence-electron chi connectivity index (χ4n) is 3.14. The summed E-state index contributed by atoms with van der Waals surface area (Å²) in [7, 11) is 0. The van der Waals surface area contributed by atoms with E-state index in [4.69, 9.17) is 4.98 Å². The lowest BCUT2D eigenvalue weighted by Gasteiger charge is -2.11. The maximum Gasteiger partial charge on any atom is 0.251 e. The van der Waals surface area contributed by atoms with Gasteiger partial charge in [0, 0.05) is 23.4 Å². The van der Waals surface area contributed by atoms with Crippen LogP contribution in [-0.2, 0) is 13.1 Å². The first-order valence-corrected chi connectivity index (χ1v) is 9.44. The Morgan fingerprint density at radius 3 is 2.77 bits per heavy atom. The molecule has 0 spiro atoms. The van der Waals surface area contributed by atoms with E-state index >= 15 is 0 Å². The molecule has 0 bridgehead atoms. The van der Waals surface area contributed by atoms with Crippen molar-refractivity contribution in [2.24, 2.45) is 0 Å². The van der Waals surface area contributed by atoms with Crippen molar-refractivity contribution in [2.75, 3.05) is 5.75 Å². The van der Waals surface area contributed by atoms with Gasteiger partial charge >= 0.3 is 0 Å². The Bertz CT molecular complexity index is 966. The molecule has 0 fully saturated rings. The fourth-order valence-corrected chi connectivity index (χ4v) is 4.11. The number of nitrogens with zero attached hydrogens (tertiary/aromatic N) is 2. The van der Waals surface area contributed by atoms with Crippen LogP contribution in [0.2, 0.25) is 0 Å². The number of imidazole rings is 1. The average Bonchev–Trinajstić information content (AvgIpc) is 3.22. The maximum atomic E-state index is 13.3. The Labute approximate surface area is 155 Å². The quantitative estimate of drug-likeness (QED) is 0.757. The zero-order valence-electron chi connectivity index (χ0n) is 14.3. The SMILES string of the molecule is Cc1ccccc1C(=O)NCc1c(-c2ccc(F)cc2)nc2n1CCS2. The molecule has 2 heterocycles. The molecule has 0 aliphatic carbocycles. The number of carbonyl (C=O) groups excluding carboxylic acids is 1. The van der Waals surface area contributed by atoms with Crippen molar-refractivity contribution < 1.29 is 9.18 Å². The van der Waals surface area contributed by atoms with Gasteiger partial charge in [0.25, 0.3) is 5.91 Å². The number of amides is 1. The number of aromatic nitrogens is 2. The largest absolute Gasteiger partial charge is 0.346 e. The molecule has 1 aliphatic heterocycles. The summed E-state index contributed by atoms with van der Waals surface area (Å²) in [6.07, 6.45) is 0. The Balaban J connectivity index is 1.63. The van der Waals surface area contributed by atoms with Crippen LogP contribution in [0.4, 0.5) is 4.39 Å². The van der Waals surface area contributed by atoms with Gasteiger partial charge in [-0.25, -0.2) is 9.37 Å². The summed E-state index contributed by atoms with van der Waals surface area (Å²) in [5.41, 5.74) is 4.23. The van der Waals surface area contributed by atoms with Crippen LogP contribution in [0.3, 0.4) is 0 Å². The van der Waals surface area contributed by atoms with Crippen molar-refractivity contribution >= 4 is 17.7 Å². The van der Waals surface area contributed by atoms with E-state index < -0.39 is 0 Å². The predicted molar refractivity (Wildman–Crippen MR) is 101 cm³/mol. The van der Waals surface area contributed by atoms with Gasteiger partial charge in [-0.1, -0.05) is 30.0 Å². The first-order chi connectivity index (χ1) is 12.6. The Hall–Kier alpha value is -2.60. The third kappa shape index (κ3) is 3.12. The van der Waals surface area contributed by atoms with Crippen LogP contribution in [0.25, 0.3) is 11.3 Å². The molecule has 3 aromatic rings. The highest BCUT2D eigenvalue weighted by molar-refractivity contribution is 7.99. The van der Waals surface area contributed by atoms with Crippen LogP contribution in [0.15, 0.2) is 53.7 Å². The topological polar surface area (TPSA) is 46.9 Å². The molecule has 6 heteroatoms. The second-order valence-electron chi connectivity index (χ2n) is 6.19. The van der Waals surface area contributed by atoms with Crippen molar-refractivity contribution in [3.63, 3.8) is 0 Å². The normalized spacial score (nSPS) is 12.8. The van der Waals surface area contributed by atoms with E-state index in [1.54, 1.807) is 23.9 Å². The van der Waals surface area contributed by atoms with E-state index in [0.29, 0.717) is 12.1 Å². The van der Waals surface area contributed by atoms with Gasteiger partial charge in [0.1, 0.15) is 5.82 Å². The van der Waals surface area contributed by atoms with Crippen molar-refractivity contribution in [1.29, 1.82) is 0 Å². The number of benzene rings is 2. The van der Waals surface area contributed by atoms with Crippen LogP contribution in [0, 0.1) is 12.7 Å². The molecular formula is C20H18FN3OS. The number of rotatable bonds is 4. The minimum absolute atomic E-state index is 0.102. The summed E-state index contributed by atoms with van der Waals surface area (Å²) in [6.45, 7) is 3.17. The summed E-state index contributed by atoms with van der Waals surface area (Å²) in [4.78, 5) is 17.3. The Kier molecular flexibility index (Phi) is 4.51. The molecule has 1 amide bonds. The van der Waals surface area contributed by atoms with Gasteiger partial charge in [-0.05, 0) is 42.8 Å². The van der Waals surface area contributed by atoms with Gasteiger partial charge in [0.15, 0.2) is 5.16 Å². The van der Waals surface area contributed by atoms with Crippen LogP contribution < -0.4 is 5.32 Å². The number of halogens is 1. The second-order valence-corrected chi connectivity index (χ2v) is 7.26. The van der Waals surface area contributed by atoms with Crippen LogP contribution in [0.1, 0.15) is 21.6 Å². The molecule has 0 saturated heterocycles. The molecule has 1 aromatic heterocycles. The van der Waals surface area contributed by atoms with E-state index in [2.05, 4.69) is 9.88 Å².